The summed E-state index contributed by atoms with van der Waals surface area (Å²) < 4.78 is 0. The van der Waals surface area contributed by atoms with Crippen LogP contribution >= 0.6 is 0 Å². The summed E-state index contributed by atoms with van der Waals surface area (Å²) in [6.45, 7) is 5.63. The van der Waals surface area contributed by atoms with Crippen LogP contribution in [-0.4, -0.2) is 43.6 Å². The minimum atomic E-state index is 0.651. The van der Waals surface area contributed by atoms with Gasteiger partial charge in [0, 0.05) is 13.1 Å². The standard InChI is InChI=1S/C20H36N4/c21-19(22-5-3-9-24-7-1-2-8-24)23-6-4-20-13-16-10-17(14-20)12-18(11-16)15-20/h16-18H,1-15H2,(H3,21,22,23). The first-order valence-corrected chi connectivity index (χ1v) is 10.5. The van der Waals surface area contributed by atoms with Crippen LogP contribution < -0.4 is 11.1 Å². The molecule has 4 nitrogen and oxygen atoms in total. The average Bonchev–Trinajstić information content (AvgIpc) is 3.03. The summed E-state index contributed by atoms with van der Waals surface area (Å²) >= 11 is 0. The van der Waals surface area contributed by atoms with Gasteiger partial charge in [0.25, 0.3) is 0 Å². The highest BCUT2D eigenvalue weighted by Crippen LogP contribution is 2.61. The van der Waals surface area contributed by atoms with Crippen molar-refractivity contribution in [2.75, 3.05) is 32.7 Å². The van der Waals surface area contributed by atoms with Gasteiger partial charge in [-0.25, -0.2) is 0 Å². The maximum atomic E-state index is 6.07. The fourth-order valence-corrected chi connectivity index (χ4v) is 6.61. The summed E-state index contributed by atoms with van der Waals surface area (Å²) in [6.07, 6.45) is 14.3. The minimum absolute atomic E-state index is 0.651. The lowest BCUT2D eigenvalue weighted by Gasteiger charge is -2.57. The van der Waals surface area contributed by atoms with E-state index >= 15 is 0 Å². The van der Waals surface area contributed by atoms with Gasteiger partial charge in [-0.3, -0.25) is 4.99 Å². The quantitative estimate of drug-likeness (QED) is 0.428. The first-order valence-electron chi connectivity index (χ1n) is 10.5. The number of hydrogen-bond donors (Lipinski definition) is 2. The Morgan fingerprint density at radius 3 is 2.29 bits per heavy atom. The Morgan fingerprint density at radius 2 is 1.67 bits per heavy atom. The van der Waals surface area contributed by atoms with Crippen molar-refractivity contribution in [1.82, 2.24) is 10.2 Å². The molecule has 0 aromatic heterocycles. The molecule has 0 radical (unpaired) electrons. The maximum Gasteiger partial charge on any atom is 0.188 e. The van der Waals surface area contributed by atoms with E-state index in [9.17, 15) is 0 Å². The number of nitrogens with zero attached hydrogens (tertiary/aromatic N) is 2. The zero-order valence-electron chi connectivity index (χ0n) is 15.3. The topological polar surface area (TPSA) is 53.6 Å². The molecule has 1 aliphatic heterocycles. The Kier molecular flexibility index (Phi) is 5.03. The van der Waals surface area contributed by atoms with Crippen LogP contribution in [0, 0.1) is 23.2 Å². The van der Waals surface area contributed by atoms with Crippen molar-refractivity contribution in [2.45, 2.75) is 64.2 Å². The number of nitrogens with two attached hydrogens (primary N) is 1. The Morgan fingerprint density at radius 1 is 1.04 bits per heavy atom. The number of guanidine groups is 1. The number of hydrogen-bond acceptors (Lipinski definition) is 2. The molecule has 5 rings (SSSR count). The summed E-state index contributed by atoms with van der Waals surface area (Å²) in [6, 6.07) is 0. The molecule has 0 atom stereocenters. The van der Waals surface area contributed by atoms with Crippen LogP contribution in [0.15, 0.2) is 4.99 Å². The number of nitrogens with one attached hydrogen (secondary N) is 1. The van der Waals surface area contributed by atoms with Crippen LogP contribution in [-0.2, 0) is 0 Å². The molecule has 4 saturated carbocycles. The Labute approximate surface area is 147 Å². The summed E-state index contributed by atoms with van der Waals surface area (Å²) in [7, 11) is 0. The molecule has 1 heterocycles. The van der Waals surface area contributed by atoms with E-state index in [1.54, 1.807) is 0 Å². The lowest BCUT2D eigenvalue weighted by molar-refractivity contribution is -0.0562. The monoisotopic (exact) mass is 332 g/mol. The normalized spacial score (nSPS) is 38.8. The molecule has 0 amide bonds. The largest absolute Gasteiger partial charge is 0.370 e. The predicted molar refractivity (Wildman–Crippen MR) is 100 cm³/mol. The van der Waals surface area contributed by atoms with Gasteiger partial charge in [0.2, 0.25) is 0 Å². The van der Waals surface area contributed by atoms with Gasteiger partial charge in [0.1, 0.15) is 0 Å². The van der Waals surface area contributed by atoms with Crippen molar-refractivity contribution in [3.8, 4) is 0 Å². The SMILES string of the molecule is NC(=NCCCN1CCCC1)NCCC12CC3CC(CC(C3)C1)C2. The van der Waals surface area contributed by atoms with Crippen LogP contribution in [0.4, 0.5) is 0 Å². The zero-order chi connectivity index (χ0) is 16.4. The Hall–Kier alpha value is -0.770. The molecule has 1 saturated heterocycles. The van der Waals surface area contributed by atoms with Gasteiger partial charge in [-0.15, -0.1) is 0 Å². The average molecular weight is 333 g/mol. The summed E-state index contributed by atoms with van der Waals surface area (Å²) in [4.78, 5) is 7.07. The van der Waals surface area contributed by atoms with Crippen molar-refractivity contribution in [3.05, 3.63) is 0 Å². The van der Waals surface area contributed by atoms with E-state index in [-0.39, 0.29) is 0 Å². The second-order valence-corrected chi connectivity index (χ2v) is 9.26. The third-order valence-electron chi connectivity index (χ3n) is 7.24. The number of aliphatic imine (C=N–C) groups is 1. The Bertz CT molecular complexity index is 417. The highest BCUT2D eigenvalue weighted by atomic mass is 15.1. The summed E-state index contributed by atoms with van der Waals surface area (Å²) in [5, 5.41) is 3.40. The number of likely N-dealkylation sites (tertiary alicyclic amines) is 1. The van der Waals surface area contributed by atoms with Crippen LogP contribution in [0.3, 0.4) is 0 Å². The van der Waals surface area contributed by atoms with Crippen molar-refractivity contribution in [1.29, 1.82) is 0 Å². The summed E-state index contributed by atoms with van der Waals surface area (Å²) in [5.41, 5.74) is 6.72. The molecule has 4 aliphatic carbocycles. The third-order valence-corrected chi connectivity index (χ3v) is 7.24. The van der Waals surface area contributed by atoms with Gasteiger partial charge < -0.3 is 16.0 Å². The van der Waals surface area contributed by atoms with Crippen LogP contribution in [0.1, 0.15) is 64.2 Å². The molecule has 0 aromatic carbocycles. The third kappa shape index (κ3) is 3.89. The molecular weight excluding hydrogens is 296 g/mol. The van der Waals surface area contributed by atoms with E-state index in [0.29, 0.717) is 11.4 Å². The molecule has 5 fully saturated rings. The zero-order valence-corrected chi connectivity index (χ0v) is 15.3. The van der Waals surface area contributed by atoms with Crippen LogP contribution in [0.2, 0.25) is 0 Å². The van der Waals surface area contributed by atoms with Crippen LogP contribution in [0.5, 0.6) is 0 Å². The fourth-order valence-electron chi connectivity index (χ4n) is 6.61. The molecule has 4 bridgehead atoms. The predicted octanol–water partition coefficient (Wildman–Crippen LogP) is 2.98. The van der Waals surface area contributed by atoms with Crippen molar-refractivity contribution >= 4 is 5.96 Å². The highest BCUT2D eigenvalue weighted by Gasteiger charge is 2.50. The lowest BCUT2D eigenvalue weighted by atomic mass is 9.49. The van der Waals surface area contributed by atoms with Gasteiger partial charge in [-0.1, -0.05) is 0 Å². The van der Waals surface area contributed by atoms with Crippen LogP contribution in [0.25, 0.3) is 0 Å². The highest BCUT2D eigenvalue weighted by molar-refractivity contribution is 5.77. The second kappa shape index (κ2) is 7.23. The molecule has 0 aromatic rings. The van der Waals surface area contributed by atoms with E-state index in [1.165, 1.54) is 77.4 Å². The molecule has 24 heavy (non-hydrogen) atoms. The van der Waals surface area contributed by atoms with Gasteiger partial charge in [0.05, 0.1) is 0 Å². The molecular formula is C20H36N4. The molecule has 3 N–H and O–H groups in total. The molecule has 0 spiro atoms. The number of rotatable bonds is 7. The molecule has 4 heteroatoms. The van der Waals surface area contributed by atoms with Crippen molar-refractivity contribution < 1.29 is 0 Å². The smallest absolute Gasteiger partial charge is 0.188 e. The first kappa shape index (κ1) is 16.7. The van der Waals surface area contributed by atoms with Gasteiger partial charge >= 0.3 is 0 Å². The van der Waals surface area contributed by atoms with Crippen molar-refractivity contribution in [2.24, 2.45) is 33.9 Å². The summed E-state index contributed by atoms with van der Waals surface area (Å²) in [5.74, 6) is 3.81. The molecule has 5 aliphatic rings. The fraction of sp³-hybridized carbons (Fsp3) is 0.950. The van der Waals surface area contributed by atoms with Crippen molar-refractivity contribution in [3.63, 3.8) is 0 Å². The molecule has 0 unspecified atom stereocenters. The van der Waals surface area contributed by atoms with E-state index < -0.39 is 0 Å². The minimum Gasteiger partial charge on any atom is -0.370 e. The Balaban J connectivity index is 1.15. The van der Waals surface area contributed by atoms with Gasteiger partial charge in [-0.05, 0) is 107 Å². The lowest BCUT2D eigenvalue weighted by Crippen LogP contribution is -2.47. The van der Waals surface area contributed by atoms with Gasteiger partial charge in [-0.2, -0.15) is 0 Å². The maximum absolute atomic E-state index is 6.07. The van der Waals surface area contributed by atoms with Gasteiger partial charge in [0.15, 0.2) is 5.96 Å². The van der Waals surface area contributed by atoms with E-state index in [2.05, 4.69) is 15.2 Å². The van der Waals surface area contributed by atoms with E-state index in [1.807, 2.05) is 0 Å². The van der Waals surface area contributed by atoms with E-state index in [4.69, 9.17) is 5.73 Å². The second-order valence-electron chi connectivity index (χ2n) is 9.26. The first-order chi connectivity index (χ1) is 11.7. The van der Waals surface area contributed by atoms with E-state index in [0.717, 1.165) is 37.3 Å². The molecule has 136 valence electrons.